The molecule has 0 aromatic heterocycles. The molecule has 0 fully saturated rings. The van der Waals surface area contributed by atoms with Crippen molar-refractivity contribution in [3.8, 4) is 0 Å². The van der Waals surface area contributed by atoms with Crippen LogP contribution in [0.25, 0.3) is 0 Å². The van der Waals surface area contributed by atoms with Crippen LogP contribution < -0.4 is 0 Å². The summed E-state index contributed by atoms with van der Waals surface area (Å²) in [4.78, 5) is -2.06. The van der Waals surface area contributed by atoms with Gasteiger partial charge in [0.2, 0.25) is 0 Å². The Labute approximate surface area is 101 Å². The van der Waals surface area contributed by atoms with Gasteiger partial charge in [-0.2, -0.15) is 0 Å². The molecule has 106 valence electrons. The van der Waals surface area contributed by atoms with E-state index >= 15 is 0 Å². The number of halogens is 5. The molecule has 1 aromatic carbocycles. The second kappa shape index (κ2) is 3.38. The third-order valence-electron chi connectivity index (χ3n) is 1.98. The minimum absolute atomic E-state index is 0.0700. The van der Waals surface area contributed by atoms with Gasteiger partial charge < -0.3 is 0 Å². The normalized spacial score (nSPS) is 17.1. The molecule has 9 heteroatoms. The van der Waals surface area contributed by atoms with Gasteiger partial charge in [-0.25, -0.2) is 8.42 Å². The summed E-state index contributed by atoms with van der Waals surface area (Å²) in [5.74, 6) is -0.713. The first-order valence-corrected chi connectivity index (χ1v) is 8.60. The lowest BCUT2D eigenvalue weighted by atomic mass is 10.2. The molecule has 0 radical (unpaired) electrons. The van der Waals surface area contributed by atoms with Crippen LogP contribution in [0.3, 0.4) is 0 Å². The Balaban J connectivity index is 3.45. The van der Waals surface area contributed by atoms with Crippen molar-refractivity contribution in [3.63, 3.8) is 0 Å². The van der Waals surface area contributed by atoms with Crippen LogP contribution >= 0.6 is 10.2 Å². The fourth-order valence-corrected chi connectivity index (χ4v) is 2.99. The summed E-state index contributed by atoms with van der Waals surface area (Å²) in [7, 11) is -13.4. The summed E-state index contributed by atoms with van der Waals surface area (Å²) < 4.78 is 84.9. The third-order valence-corrected chi connectivity index (χ3v) is 3.97. The van der Waals surface area contributed by atoms with E-state index in [0.717, 1.165) is 12.3 Å². The Morgan fingerprint density at radius 2 is 1.56 bits per heavy atom. The van der Waals surface area contributed by atoms with Gasteiger partial charge >= 0.3 is 10.2 Å². The maximum atomic E-state index is 12.6. The van der Waals surface area contributed by atoms with Crippen molar-refractivity contribution in [2.75, 3.05) is 6.26 Å². The highest BCUT2D eigenvalue weighted by molar-refractivity contribution is 8.45. The first kappa shape index (κ1) is 15.2. The smallest absolute Gasteiger partial charge is 0.229 e. The molecule has 18 heavy (non-hydrogen) atoms. The highest BCUT2D eigenvalue weighted by atomic mass is 32.5. The van der Waals surface area contributed by atoms with Crippen molar-refractivity contribution in [3.05, 3.63) is 29.3 Å². The van der Waals surface area contributed by atoms with Crippen molar-refractivity contribution in [2.24, 2.45) is 0 Å². The highest BCUT2D eigenvalue weighted by Crippen LogP contribution is 3.02. The van der Waals surface area contributed by atoms with E-state index in [1.807, 2.05) is 0 Å². The van der Waals surface area contributed by atoms with Crippen molar-refractivity contribution < 1.29 is 27.8 Å². The fraction of sp³-hybridized carbons (Fsp3) is 0.333. The molecule has 0 N–H and O–H groups in total. The zero-order valence-electron chi connectivity index (χ0n) is 9.46. The Kier molecular flexibility index (Phi) is 2.86. The molecule has 0 unspecified atom stereocenters. The van der Waals surface area contributed by atoms with Gasteiger partial charge in [0.05, 0.1) is 5.75 Å². The molecule has 0 saturated carbocycles. The van der Waals surface area contributed by atoms with Crippen LogP contribution in [0.15, 0.2) is 23.1 Å². The number of benzene rings is 1. The summed E-state index contributed by atoms with van der Waals surface area (Å²) in [6.45, 7) is 1.19. The van der Waals surface area contributed by atoms with Gasteiger partial charge in [0.15, 0.2) is 9.84 Å². The second-order valence-corrected chi connectivity index (χ2v) is 8.74. The van der Waals surface area contributed by atoms with Crippen molar-refractivity contribution in [2.45, 2.75) is 17.6 Å². The van der Waals surface area contributed by atoms with Crippen LogP contribution in [0.1, 0.15) is 11.1 Å². The minimum atomic E-state index is -9.77. The highest BCUT2D eigenvalue weighted by Gasteiger charge is 2.65. The lowest BCUT2D eigenvalue weighted by Gasteiger charge is -2.40. The number of hydrogen-bond donors (Lipinski definition) is 0. The van der Waals surface area contributed by atoms with E-state index < -0.39 is 30.7 Å². The van der Waals surface area contributed by atoms with Gasteiger partial charge in [-0.15, -0.1) is 0 Å². The molecule has 0 atom stereocenters. The molecule has 0 amide bonds. The van der Waals surface area contributed by atoms with Gasteiger partial charge in [-0.05, 0) is 30.2 Å². The van der Waals surface area contributed by atoms with Crippen molar-refractivity contribution in [1.29, 1.82) is 0 Å². The van der Waals surface area contributed by atoms with E-state index in [9.17, 15) is 27.8 Å². The summed E-state index contributed by atoms with van der Waals surface area (Å²) >= 11 is 0. The molecule has 0 saturated heterocycles. The van der Waals surface area contributed by atoms with Gasteiger partial charge in [0.1, 0.15) is 4.90 Å². The van der Waals surface area contributed by atoms with E-state index in [2.05, 4.69) is 0 Å². The number of rotatable bonds is 3. The molecule has 2 nitrogen and oxygen atoms in total. The summed E-state index contributed by atoms with van der Waals surface area (Å²) in [5.41, 5.74) is -0.375. The topological polar surface area (TPSA) is 34.1 Å². The van der Waals surface area contributed by atoms with Crippen molar-refractivity contribution >= 4 is 20.1 Å². The van der Waals surface area contributed by atoms with E-state index in [1.54, 1.807) is 0 Å². The standard InChI is InChI=1S/C9H11F5O2S2/c1-7-3-8(6-17(2,15)16)5-9(4-7)18(10,11,12,13)14/h3-5H,6H2,1-2H3. The number of sulfone groups is 1. The maximum Gasteiger partial charge on any atom is 0.310 e. The van der Waals surface area contributed by atoms with Crippen LogP contribution in [-0.4, -0.2) is 14.7 Å². The first-order chi connectivity index (χ1) is 7.57. The van der Waals surface area contributed by atoms with Gasteiger partial charge in [0.25, 0.3) is 0 Å². The molecular formula is C9H11F5O2S2. The fourth-order valence-electron chi connectivity index (χ4n) is 1.43. The molecule has 0 aliphatic rings. The zero-order valence-corrected chi connectivity index (χ0v) is 11.1. The average molecular weight is 310 g/mol. The minimum Gasteiger partial charge on any atom is -0.229 e. The Morgan fingerprint density at radius 1 is 1.06 bits per heavy atom. The SMILES string of the molecule is Cc1cc(CS(C)(=O)=O)cc(S(F)(F)(F)(F)F)c1. The summed E-state index contributed by atoms with van der Waals surface area (Å²) in [6.07, 6.45) is 0.814. The molecule has 0 heterocycles. The van der Waals surface area contributed by atoms with E-state index in [4.69, 9.17) is 0 Å². The van der Waals surface area contributed by atoms with Crippen LogP contribution in [0, 0.1) is 6.92 Å². The lowest BCUT2D eigenvalue weighted by molar-refractivity contribution is 0.363. The molecule has 0 spiro atoms. The Morgan fingerprint density at radius 3 is 1.94 bits per heavy atom. The van der Waals surface area contributed by atoms with Gasteiger partial charge in [-0.1, -0.05) is 25.5 Å². The van der Waals surface area contributed by atoms with E-state index in [1.165, 1.54) is 6.92 Å². The van der Waals surface area contributed by atoms with E-state index in [0.29, 0.717) is 6.07 Å². The molecule has 0 bridgehead atoms. The Hall–Kier alpha value is -0.830. The number of aryl methyl sites for hydroxylation is 1. The predicted molar refractivity (Wildman–Crippen MR) is 61.1 cm³/mol. The monoisotopic (exact) mass is 310 g/mol. The molecule has 1 rings (SSSR count). The quantitative estimate of drug-likeness (QED) is 0.784. The van der Waals surface area contributed by atoms with Gasteiger partial charge in [0, 0.05) is 6.26 Å². The largest absolute Gasteiger partial charge is 0.310 e. The predicted octanol–water partition coefficient (Wildman–Crippen LogP) is 4.20. The number of hydrogen-bond acceptors (Lipinski definition) is 2. The van der Waals surface area contributed by atoms with Crippen LogP contribution in [0.2, 0.25) is 0 Å². The summed E-state index contributed by atoms with van der Waals surface area (Å²) in [5, 5.41) is 0. The third kappa shape index (κ3) is 4.45. The van der Waals surface area contributed by atoms with Crippen LogP contribution in [-0.2, 0) is 15.6 Å². The molecular weight excluding hydrogens is 299 g/mol. The molecule has 0 aliphatic carbocycles. The lowest BCUT2D eigenvalue weighted by Crippen LogP contribution is -2.08. The van der Waals surface area contributed by atoms with Crippen LogP contribution in [0.4, 0.5) is 19.4 Å². The van der Waals surface area contributed by atoms with Gasteiger partial charge in [-0.3, -0.25) is 0 Å². The Bertz CT molecular complexity index is 589. The summed E-state index contributed by atoms with van der Waals surface area (Å²) in [6, 6.07) is 1.64. The van der Waals surface area contributed by atoms with Crippen molar-refractivity contribution in [1.82, 2.24) is 0 Å². The zero-order chi connectivity index (χ0) is 14.5. The van der Waals surface area contributed by atoms with Crippen LogP contribution in [0.5, 0.6) is 0 Å². The van der Waals surface area contributed by atoms with E-state index in [-0.39, 0.29) is 17.2 Å². The molecule has 0 aliphatic heterocycles. The maximum absolute atomic E-state index is 12.6. The molecule has 1 aromatic rings. The average Bonchev–Trinajstić information content (AvgIpc) is 1.93. The first-order valence-electron chi connectivity index (χ1n) is 4.59. The second-order valence-electron chi connectivity index (χ2n) is 4.19.